The van der Waals surface area contributed by atoms with E-state index < -0.39 is 0 Å². The van der Waals surface area contributed by atoms with Crippen LogP contribution >= 0.6 is 0 Å². The monoisotopic (exact) mass is 225 g/mol. The van der Waals surface area contributed by atoms with Crippen molar-refractivity contribution in [2.45, 2.75) is 53.1 Å². The summed E-state index contributed by atoms with van der Waals surface area (Å²) in [5, 5.41) is 0. The van der Waals surface area contributed by atoms with Crippen LogP contribution in [0.2, 0.25) is 0 Å². The van der Waals surface area contributed by atoms with Crippen molar-refractivity contribution in [1.82, 2.24) is 4.57 Å². The molecule has 0 aliphatic heterocycles. The second-order valence-electron chi connectivity index (χ2n) is 4.01. The lowest BCUT2D eigenvalue weighted by Gasteiger charge is -2.03. The summed E-state index contributed by atoms with van der Waals surface area (Å²) in [6.07, 6.45) is 7.96. The van der Waals surface area contributed by atoms with Crippen molar-refractivity contribution in [2.75, 3.05) is 13.2 Å². The Morgan fingerprint density at radius 2 is 2.12 bits per heavy atom. The van der Waals surface area contributed by atoms with E-state index in [2.05, 4.69) is 35.4 Å². The third-order valence-corrected chi connectivity index (χ3v) is 2.84. The first-order valence-corrected chi connectivity index (χ1v) is 6.48. The lowest BCUT2D eigenvalue weighted by Crippen LogP contribution is -2.37. The molecule has 3 nitrogen and oxygen atoms in total. The Hall–Kier alpha value is -0.830. The highest BCUT2D eigenvalue weighted by Crippen LogP contribution is 1.99. The maximum Gasteiger partial charge on any atom is 0.256 e. The van der Waals surface area contributed by atoms with Crippen LogP contribution in [0, 0.1) is 0 Å². The van der Waals surface area contributed by atoms with Crippen LogP contribution in [-0.4, -0.2) is 17.8 Å². The van der Waals surface area contributed by atoms with Crippen molar-refractivity contribution in [2.24, 2.45) is 0 Å². The van der Waals surface area contributed by atoms with Crippen LogP contribution < -0.4 is 4.57 Å². The third kappa shape index (κ3) is 3.63. The molecule has 92 valence electrons. The minimum Gasteiger partial charge on any atom is -0.378 e. The van der Waals surface area contributed by atoms with Gasteiger partial charge in [0.1, 0.15) is 18.9 Å². The molecule has 0 aromatic carbocycles. The van der Waals surface area contributed by atoms with E-state index in [-0.39, 0.29) is 0 Å². The van der Waals surface area contributed by atoms with Crippen molar-refractivity contribution >= 4 is 0 Å². The molecule has 1 aromatic heterocycles. The smallest absolute Gasteiger partial charge is 0.256 e. The fourth-order valence-corrected chi connectivity index (χ4v) is 1.95. The molecule has 0 atom stereocenters. The molecular weight excluding hydrogens is 200 g/mol. The first-order valence-electron chi connectivity index (χ1n) is 6.48. The molecule has 3 heteroatoms. The van der Waals surface area contributed by atoms with Crippen molar-refractivity contribution < 1.29 is 9.30 Å². The third-order valence-electron chi connectivity index (χ3n) is 2.84. The minimum atomic E-state index is 0.804. The van der Waals surface area contributed by atoms with Crippen LogP contribution in [0.3, 0.4) is 0 Å². The van der Waals surface area contributed by atoms with Crippen LogP contribution in [0.25, 0.3) is 0 Å². The Labute approximate surface area is 99.0 Å². The molecule has 0 saturated carbocycles. The zero-order chi connectivity index (χ0) is 11.8. The highest BCUT2D eigenvalue weighted by molar-refractivity contribution is 4.82. The van der Waals surface area contributed by atoms with Gasteiger partial charge in [0.25, 0.3) is 5.82 Å². The highest BCUT2D eigenvalue weighted by atomic mass is 16.5. The molecule has 0 saturated heterocycles. The average Bonchev–Trinajstić information content (AvgIpc) is 2.69. The minimum absolute atomic E-state index is 0.804. The maximum atomic E-state index is 5.40. The lowest BCUT2D eigenvalue weighted by atomic mass is 10.3. The Bertz CT molecular complexity index is 294. The maximum absolute atomic E-state index is 5.40. The predicted octanol–water partition coefficient (Wildman–Crippen LogP) is 2.17. The highest BCUT2D eigenvalue weighted by Gasteiger charge is 2.13. The number of imidazole rings is 1. The number of rotatable bonds is 8. The zero-order valence-electron chi connectivity index (χ0n) is 10.9. The van der Waals surface area contributed by atoms with E-state index in [9.17, 15) is 0 Å². The summed E-state index contributed by atoms with van der Waals surface area (Å²) in [5.41, 5.74) is 0. The fourth-order valence-electron chi connectivity index (χ4n) is 1.95. The summed E-state index contributed by atoms with van der Waals surface area (Å²) in [5.74, 6) is 1.41. The molecule has 0 aliphatic rings. The van der Waals surface area contributed by atoms with Gasteiger partial charge in [-0.1, -0.05) is 20.3 Å². The Morgan fingerprint density at radius 1 is 1.31 bits per heavy atom. The number of hydrogen-bond acceptors (Lipinski definition) is 1. The normalized spacial score (nSPS) is 10.9. The summed E-state index contributed by atoms with van der Waals surface area (Å²) >= 11 is 0. The number of unbranched alkanes of at least 4 members (excludes halogenated alkanes) is 1. The van der Waals surface area contributed by atoms with Gasteiger partial charge in [0.05, 0.1) is 13.2 Å². The van der Waals surface area contributed by atoms with Gasteiger partial charge < -0.3 is 4.74 Å². The van der Waals surface area contributed by atoms with Crippen LogP contribution in [-0.2, 0) is 24.2 Å². The molecule has 0 N–H and O–H groups in total. The van der Waals surface area contributed by atoms with Crippen molar-refractivity contribution in [3.8, 4) is 0 Å². The molecule has 16 heavy (non-hydrogen) atoms. The molecule has 0 radical (unpaired) electrons. The van der Waals surface area contributed by atoms with Crippen LogP contribution in [0.1, 0.15) is 39.4 Å². The summed E-state index contributed by atoms with van der Waals surface area (Å²) < 4.78 is 10.1. The Kier molecular flexibility index (Phi) is 6.16. The molecule has 1 aromatic rings. The number of aryl methyl sites for hydroxylation is 1. The van der Waals surface area contributed by atoms with Gasteiger partial charge in [-0.05, 0) is 13.3 Å². The van der Waals surface area contributed by atoms with Gasteiger partial charge >= 0.3 is 0 Å². The molecule has 0 spiro atoms. The number of aromatic nitrogens is 2. The van der Waals surface area contributed by atoms with Crippen LogP contribution in [0.5, 0.6) is 0 Å². The lowest BCUT2D eigenvalue weighted by molar-refractivity contribution is -0.704. The van der Waals surface area contributed by atoms with E-state index in [1.807, 2.05) is 6.92 Å². The molecule has 1 heterocycles. The second kappa shape index (κ2) is 7.44. The summed E-state index contributed by atoms with van der Waals surface area (Å²) in [4.78, 5) is 0. The van der Waals surface area contributed by atoms with Gasteiger partial charge in [0, 0.05) is 13.0 Å². The van der Waals surface area contributed by atoms with E-state index in [4.69, 9.17) is 4.74 Å². The van der Waals surface area contributed by atoms with Gasteiger partial charge in [-0.2, -0.15) is 0 Å². The largest absolute Gasteiger partial charge is 0.378 e. The first-order chi connectivity index (χ1) is 7.83. The molecular formula is C13H25N2O+. The Balaban J connectivity index is 2.58. The predicted molar refractivity (Wildman–Crippen MR) is 65.4 cm³/mol. The van der Waals surface area contributed by atoms with Gasteiger partial charge in [-0.3, -0.25) is 0 Å². The van der Waals surface area contributed by atoms with Gasteiger partial charge in [-0.15, -0.1) is 0 Å². The fraction of sp³-hybridized carbons (Fsp3) is 0.769. The van der Waals surface area contributed by atoms with Crippen molar-refractivity contribution in [3.63, 3.8) is 0 Å². The first kappa shape index (κ1) is 13.2. The van der Waals surface area contributed by atoms with Gasteiger partial charge in [0.15, 0.2) is 0 Å². The van der Waals surface area contributed by atoms with E-state index in [1.54, 1.807) is 0 Å². The topological polar surface area (TPSA) is 18.0 Å². The van der Waals surface area contributed by atoms with Crippen LogP contribution in [0.15, 0.2) is 12.4 Å². The van der Waals surface area contributed by atoms with E-state index in [1.165, 1.54) is 18.7 Å². The standard InChI is InChI=1S/C13H25N2O/c1-4-7-8-14-9-10-15(13(14)5-2)11-12-16-6-3/h9-10H,4-8,11-12H2,1-3H3/q+1. The number of ether oxygens (including phenoxy) is 1. The van der Waals surface area contributed by atoms with E-state index in [0.717, 1.165) is 32.7 Å². The summed E-state index contributed by atoms with van der Waals surface area (Å²) in [6.45, 7) is 10.2. The van der Waals surface area contributed by atoms with E-state index in [0.29, 0.717) is 0 Å². The zero-order valence-corrected chi connectivity index (χ0v) is 10.9. The van der Waals surface area contributed by atoms with Crippen LogP contribution in [0.4, 0.5) is 0 Å². The Morgan fingerprint density at radius 3 is 2.75 bits per heavy atom. The molecule has 0 amide bonds. The van der Waals surface area contributed by atoms with E-state index >= 15 is 0 Å². The molecule has 0 unspecified atom stereocenters. The summed E-state index contributed by atoms with van der Waals surface area (Å²) in [7, 11) is 0. The SMILES string of the molecule is CCCC[n+]1ccn(CCOCC)c1CC. The number of nitrogens with zero attached hydrogens (tertiary/aromatic N) is 2. The van der Waals surface area contributed by atoms with Gasteiger partial charge in [0.2, 0.25) is 0 Å². The quantitative estimate of drug-likeness (QED) is 0.490. The molecule has 0 bridgehead atoms. The molecule has 0 aliphatic carbocycles. The van der Waals surface area contributed by atoms with Crippen molar-refractivity contribution in [3.05, 3.63) is 18.2 Å². The second-order valence-corrected chi connectivity index (χ2v) is 4.01. The van der Waals surface area contributed by atoms with Crippen molar-refractivity contribution in [1.29, 1.82) is 0 Å². The average molecular weight is 225 g/mol. The van der Waals surface area contributed by atoms with Gasteiger partial charge in [-0.25, -0.2) is 9.13 Å². The molecule has 1 rings (SSSR count). The number of hydrogen-bond donors (Lipinski definition) is 0. The summed E-state index contributed by atoms with van der Waals surface area (Å²) in [6, 6.07) is 0. The molecule has 0 fully saturated rings.